The van der Waals surface area contributed by atoms with E-state index in [2.05, 4.69) is 21.2 Å². The Hall–Kier alpha value is -1.84. The van der Waals surface area contributed by atoms with Crippen LogP contribution in [0.25, 0.3) is 6.08 Å². The molecular weight excluding hydrogens is 358 g/mol. The SMILES string of the molecule is CN(C)c1ccc(/C=C(\C#N)C(=O)NC[C@H]2CCCO2)cc1Br. The zero-order chi connectivity index (χ0) is 16.8. The van der Waals surface area contributed by atoms with Crippen LogP contribution < -0.4 is 10.2 Å². The molecule has 1 fully saturated rings. The first-order valence-corrected chi connectivity index (χ1v) is 8.29. The molecule has 1 amide bonds. The molecule has 23 heavy (non-hydrogen) atoms. The van der Waals surface area contributed by atoms with Gasteiger partial charge in [0.15, 0.2) is 0 Å². The predicted octanol–water partition coefficient (Wildman–Crippen LogP) is 2.72. The molecule has 0 aliphatic carbocycles. The largest absolute Gasteiger partial charge is 0.377 e. The number of nitriles is 1. The highest BCUT2D eigenvalue weighted by molar-refractivity contribution is 9.10. The molecule has 0 aromatic heterocycles. The van der Waals surface area contributed by atoms with E-state index >= 15 is 0 Å². The van der Waals surface area contributed by atoms with E-state index in [4.69, 9.17) is 4.74 Å². The van der Waals surface area contributed by atoms with Crippen LogP contribution in [0.3, 0.4) is 0 Å². The van der Waals surface area contributed by atoms with Crippen molar-refractivity contribution in [3.05, 3.63) is 33.8 Å². The Labute approximate surface area is 145 Å². The predicted molar refractivity (Wildman–Crippen MR) is 94.0 cm³/mol. The lowest BCUT2D eigenvalue weighted by Crippen LogP contribution is -2.32. The van der Waals surface area contributed by atoms with Crippen LogP contribution in [-0.4, -0.2) is 39.3 Å². The Bertz CT molecular complexity index is 644. The molecule has 1 aromatic carbocycles. The molecule has 0 radical (unpaired) electrons. The van der Waals surface area contributed by atoms with Gasteiger partial charge in [-0.25, -0.2) is 0 Å². The quantitative estimate of drug-likeness (QED) is 0.632. The fraction of sp³-hybridized carbons (Fsp3) is 0.412. The Balaban J connectivity index is 2.06. The van der Waals surface area contributed by atoms with Gasteiger partial charge in [-0.15, -0.1) is 0 Å². The van der Waals surface area contributed by atoms with Crippen molar-refractivity contribution in [3.63, 3.8) is 0 Å². The van der Waals surface area contributed by atoms with Crippen LogP contribution >= 0.6 is 15.9 Å². The molecule has 0 saturated carbocycles. The number of hydrogen-bond acceptors (Lipinski definition) is 4. The summed E-state index contributed by atoms with van der Waals surface area (Å²) >= 11 is 3.50. The molecule has 1 saturated heterocycles. The number of nitrogens with zero attached hydrogens (tertiary/aromatic N) is 2. The third-order valence-electron chi connectivity index (χ3n) is 3.64. The minimum absolute atomic E-state index is 0.0624. The van der Waals surface area contributed by atoms with Gasteiger partial charge in [0.1, 0.15) is 11.6 Å². The van der Waals surface area contributed by atoms with Crippen molar-refractivity contribution in [2.45, 2.75) is 18.9 Å². The van der Waals surface area contributed by atoms with Gasteiger partial charge in [0, 0.05) is 31.7 Å². The Morgan fingerprint density at radius 3 is 2.91 bits per heavy atom. The number of benzene rings is 1. The van der Waals surface area contributed by atoms with Gasteiger partial charge in [-0.05, 0) is 52.5 Å². The summed E-state index contributed by atoms with van der Waals surface area (Å²) in [4.78, 5) is 14.1. The average Bonchev–Trinajstić information content (AvgIpc) is 3.03. The minimum Gasteiger partial charge on any atom is -0.377 e. The van der Waals surface area contributed by atoms with Crippen LogP contribution in [0.2, 0.25) is 0 Å². The van der Waals surface area contributed by atoms with E-state index in [0.717, 1.165) is 35.2 Å². The summed E-state index contributed by atoms with van der Waals surface area (Å²) in [6.07, 6.45) is 3.63. The van der Waals surface area contributed by atoms with Gasteiger partial charge in [-0.1, -0.05) is 6.07 Å². The number of nitrogens with one attached hydrogen (secondary N) is 1. The summed E-state index contributed by atoms with van der Waals surface area (Å²) in [5.41, 5.74) is 1.92. The van der Waals surface area contributed by atoms with Crippen molar-refractivity contribution in [1.29, 1.82) is 5.26 Å². The van der Waals surface area contributed by atoms with E-state index in [0.29, 0.717) is 6.54 Å². The standard InChI is InChI=1S/C17H20BrN3O2/c1-21(2)16-6-5-12(9-15(16)18)8-13(10-19)17(22)20-11-14-4-3-7-23-14/h5-6,8-9,14H,3-4,7,11H2,1-2H3,(H,20,22)/b13-8+/t14-/m1/s1. The summed E-state index contributed by atoms with van der Waals surface area (Å²) < 4.78 is 6.37. The molecule has 1 aromatic rings. The van der Waals surface area contributed by atoms with Gasteiger partial charge in [0.25, 0.3) is 5.91 Å². The van der Waals surface area contributed by atoms with Gasteiger partial charge in [-0.3, -0.25) is 4.79 Å². The molecule has 1 atom stereocenters. The Morgan fingerprint density at radius 2 is 2.35 bits per heavy atom. The summed E-state index contributed by atoms with van der Waals surface area (Å²) in [7, 11) is 3.91. The molecule has 1 aliphatic rings. The molecule has 0 bridgehead atoms. The van der Waals surface area contributed by atoms with Crippen LogP contribution in [0.1, 0.15) is 18.4 Å². The van der Waals surface area contributed by atoms with Gasteiger partial charge in [-0.2, -0.15) is 5.26 Å². The van der Waals surface area contributed by atoms with Crippen LogP contribution in [0.5, 0.6) is 0 Å². The molecule has 1 heterocycles. The maximum atomic E-state index is 12.1. The number of halogens is 1. The van der Waals surface area contributed by atoms with Crippen molar-refractivity contribution in [1.82, 2.24) is 5.32 Å². The van der Waals surface area contributed by atoms with E-state index in [9.17, 15) is 10.1 Å². The number of carbonyl (C=O) groups excluding carboxylic acids is 1. The number of ether oxygens (including phenoxy) is 1. The average molecular weight is 378 g/mol. The van der Waals surface area contributed by atoms with Crippen LogP contribution in [0, 0.1) is 11.3 Å². The van der Waals surface area contributed by atoms with Crippen molar-refractivity contribution in [3.8, 4) is 6.07 Å². The summed E-state index contributed by atoms with van der Waals surface area (Å²) in [5, 5.41) is 12.0. The van der Waals surface area contributed by atoms with Gasteiger partial charge < -0.3 is 15.0 Å². The third kappa shape index (κ3) is 4.81. The Kier molecular flexibility index (Phi) is 6.20. The van der Waals surface area contributed by atoms with Gasteiger partial charge >= 0.3 is 0 Å². The molecule has 2 rings (SSSR count). The van der Waals surface area contributed by atoms with E-state index in [1.54, 1.807) is 6.08 Å². The fourth-order valence-electron chi connectivity index (χ4n) is 2.40. The van der Waals surface area contributed by atoms with Crippen LogP contribution in [-0.2, 0) is 9.53 Å². The molecule has 0 spiro atoms. The highest BCUT2D eigenvalue weighted by Gasteiger charge is 2.17. The highest BCUT2D eigenvalue weighted by atomic mass is 79.9. The van der Waals surface area contributed by atoms with E-state index in [1.165, 1.54) is 0 Å². The number of amides is 1. The van der Waals surface area contributed by atoms with Crippen LogP contribution in [0.4, 0.5) is 5.69 Å². The Morgan fingerprint density at radius 1 is 1.57 bits per heavy atom. The van der Waals surface area contributed by atoms with Crippen molar-refractivity contribution < 1.29 is 9.53 Å². The zero-order valence-corrected chi connectivity index (χ0v) is 14.9. The smallest absolute Gasteiger partial charge is 0.262 e. The lowest BCUT2D eigenvalue weighted by atomic mass is 10.1. The second-order valence-electron chi connectivity index (χ2n) is 5.62. The lowest BCUT2D eigenvalue weighted by Gasteiger charge is -2.14. The first-order valence-electron chi connectivity index (χ1n) is 7.49. The molecule has 0 unspecified atom stereocenters. The van der Waals surface area contributed by atoms with Crippen molar-refractivity contribution >= 4 is 33.6 Å². The maximum absolute atomic E-state index is 12.1. The molecular formula is C17H20BrN3O2. The summed E-state index contributed by atoms with van der Waals surface area (Å²) in [5.74, 6) is -0.365. The number of anilines is 1. The topological polar surface area (TPSA) is 65.4 Å². The van der Waals surface area contributed by atoms with E-state index < -0.39 is 0 Å². The second kappa shape index (κ2) is 8.14. The minimum atomic E-state index is -0.365. The third-order valence-corrected chi connectivity index (χ3v) is 4.28. The first kappa shape index (κ1) is 17.5. The molecule has 5 nitrogen and oxygen atoms in total. The fourth-order valence-corrected chi connectivity index (χ4v) is 3.15. The van der Waals surface area contributed by atoms with Crippen LogP contribution in [0.15, 0.2) is 28.2 Å². The summed E-state index contributed by atoms with van der Waals surface area (Å²) in [6.45, 7) is 1.19. The molecule has 1 N–H and O–H groups in total. The zero-order valence-electron chi connectivity index (χ0n) is 13.3. The number of hydrogen-bond donors (Lipinski definition) is 1. The monoisotopic (exact) mass is 377 g/mol. The number of rotatable bonds is 5. The van der Waals surface area contributed by atoms with Gasteiger partial charge in [0.05, 0.1) is 11.8 Å². The maximum Gasteiger partial charge on any atom is 0.262 e. The highest BCUT2D eigenvalue weighted by Crippen LogP contribution is 2.26. The molecule has 1 aliphatic heterocycles. The first-order chi connectivity index (χ1) is 11.0. The molecule has 6 heteroatoms. The normalized spacial score (nSPS) is 17.7. The lowest BCUT2D eigenvalue weighted by molar-refractivity contribution is -0.117. The summed E-state index contributed by atoms with van der Waals surface area (Å²) in [6, 6.07) is 7.67. The van der Waals surface area contributed by atoms with Gasteiger partial charge in [0.2, 0.25) is 0 Å². The van der Waals surface area contributed by atoms with Crippen molar-refractivity contribution in [2.75, 3.05) is 32.1 Å². The molecule has 122 valence electrons. The number of carbonyl (C=O) groups is 1. The van der Waals surface area contributed by atoms with Crippen molar-refractivity contribution in [2.24, 2.45) is 0 Å². The van der Waals surface area contributed by atoms with E-state index in [1.807, 2.05) is 43.3 Å². The second-order valence-corrected chi connectivity index (χ2v) is 6.47. The van der Waals surface area contributed by atoms with E-state index in [-0.39, 0.29) is 17.6 Å².